The molecule has 0 spiro atoms. The van der Waals surface area contributed by atoms with E-state index in [1.807, 2.05) is 0 Å². The van der Waals surface area contributed by atoms with E-state index >= 15 is 0 Å². The lowest BCUT2D eigenvalue weighted by molar-refractivity contribution is -0.122. The maximum absolute atomic E-state index is 14.1. The molecule has 1 aliphatic rings. The smallest absolute Gasteiger partial charge is 0.220 e. The molecule has 1 saturated carbocycles. The minimum Gasteiger partial charge on any atom is -0.453 e. The summed E-state index contributed by atoms with van der Waals surface area (Å²) in [7, 11) is 0. The van der Waals surface area contributed by atoms with Gasteiger partial charge in [0.05, 0.1) is 6.20 Å². The Balaban J connectivity index is 1.53. The molecule has 24 heavy (non-hydrogen) atoms. The average molecular weight is 328 g/mol. The van der Waals surface area contributed by atoms with Crippen molar-refractivity contribution >= 4 is 5.91 Å². The van der Waals surface area contributed by atoms with Crippen LogP contribution in [0.1, 0.15) is 37.7 Å². The first-order chi connectivity index (χ1) is 11.7. The lowest BCUT2D eigenvalue weighted by Gasteiger charge is -2.11. The summed E-state index contributed by atoms with van der Waals surface area (Å²) in [5, 5.41) is 2.87. The average Bonchev–Trinajstić information content (AvgIpc) is 3.09. The summed E-state index contributed by atoms with van der Waals surface area (Å²) in [6, 6.07) is 8.15. The lowest BCUT2D eigenvalue weighted by atomic mass is 10.0. The van der Waals surface area contributed by atoms with Gasteiger partial charge in [0.1, 0.15) is 5.75 Å². The number of amides is 1. The van der Waals surface area contributed by atoms with E-state index < -0.39 is 5.82 Å². The van der Waals surface area contributed by atoms with Crippen molar-refractivity contribution in [3.63, 3.8) is 0 Å². The molecule has 1 N–H and O–H groups in total. The van der Waals surface area contributed by atoms with Crippen LogP contribution in [0.2, 0.25) is 0 Å². The quantitative estimate of drug-likeness (QED) is 0.864. The maximum atomic E-state index is 14.1. The van der Waals surface area contributed by atoms with E-state index in [0.717, 1.165) is 12.8 Å². The minimum absolute atomic E-state index is 0.0398. The van der Waals surface area contributed by atoms with Crippen molar-refractivity contribution in [2.45, 2.75) is 38.6 Å². The fraction of sp³-hybridized carbons (Fsp3) is 0.368. The summed E-state index contributed by atoms with van der Waals surface area (Å²) in [5.74, 6) is 0.717. The number of ether oxygens (including phenoxy) is 1. The standard InChI is InChI=1S/C19H21FN2O2/c20-17-10-15(12-22-19(23)11-14-4-1-2-5-14)7-8-18(17)24-16-6-3-9-21-13-16/h3,6-10,13-14H,1-2,4-5,11-12H2,(H,22,23). The predicted molar refractivity (Wildman–Crippen MR) is 89.1 cm³/mol. The van der Waals surface area contributed by atoms with Gasteiger partial charge in [-0.25, -0.2) is 4.39 Å². The molecule has 1 aromatic heterocycles. The zero-order valence-electron chi connectivity index (χ0n) is 13.5. The Kier molecular flexibility index (Phi) is 5.41. The highest BCUT2D eigenvalue weighted by Gasteiger charge is 2.18. The topological polar surface area (TPSA) is 51.2 Å². The molecule has 2 aromatic rings. The van der Waals surface area contributed by atoms with Crippen LogP contribution in [0.3, 0.4) is 0 Å². The molecular weight excluding hydrogens is 307 g/mol. The van der Waals surface area contributed by atoms with E-state index in [4.69, 9.17) is 4.74 Å². The number of nitrogens with one attached hydrogen (secondary N) is 1. The van der Waals surface area contributed by atoms with Gasteiger partial charge in [-0.1, -0.05) is 18.9 Å². The van der Waals surface area contributed by atoms with Crippen molar-refractivity contribution in [2.75, 3.05) is 0 Å². The van der Waals surface area contributed by atoms with Gasteiger partial charge in [0.2, 0.25) is 5.91 Å². The van der Waals surface area contributed by atoms with Crippen molar-refractivity contribution < 1.29 is 13.9 Å². The normalized spacial score (nSPS) is 14.5. The van der Waals surface area contributed by atoms with E-state index in [0.29, 0.717) is 30.2 Å². The van der Waals surface area contributed by atoms with E-state index in [-0.39, 0.29) is 11.7 Å². The van der Waals surface area contributed by atoms with Crippen molar-refractivity contribution in [1.82, 2.24) is 10.3 Å². The van der Waals surface area contributed by atoms with Crippen LogP contribution < -0.4 is 10.1 Å². The van der Waals surface area contributed by atoms with E-state index in [1.165, 1.54) is 25.1 Å². The number of aromatic nitrogens is 1. The highest BCUT2D eigenvalue weighted by molar-refractivity contribution is 5.76. The molecule has 4 nitrogen and oxygen atoms in total. The molecule has 0 unspecified atom stereocenters. The van der Waals surface area contributed by atoms with Gasteiger partial charge in [-0.2, -0.15) is 0 Å². The van der Waals surface area contributed by atoms with Gasteiger partial charge in [-0.15, -0.1) is 0 Å². The first-order valence-electron chi connectivity index (χ1n) is 8.34. The third-order valence-corrected chi connectivity index (χ3v) is 4.30. The summed E-state index contributed by atoms with van der Waals surface area (Å²) >= 11 is 0. The monoisotopic (exact) mass is 328 g/mol. The zero-order chi connectivity index (χ0) is 16.8. The van der Waals surface area contributed by atoms with Crippen LogP contribution in [0.25, 0.3) is 0 Å². The van der Waals surface area contributed by atoms with E-state index in [1.54, 1.807) is 30.5 Å². The Morgan fingerprint density at radius 3 is 2.83 bits per heavy atom. The van der Waals surface area contributed by atoms with Gasteiger partial charge in [0.25, 0.3) is 0 Å². The van der Waals surface area contributed by atoms with Crippen LogP contribution in [0.5, 0.6) is 11.5 Å². The summed E-state index contributed by atoms with van der Waals surface area (Å²) < 4.78 is 19.6. The summed E-state index contributed by atoms with van der Waals surface area (Å²) in [6.45, 7) is 0.329. The second-order valence-corrected chi connectivity index (χ2v) is 6.19. The highest BCUT2D eigenvalue weighted by atomic mass is 19.1. The van der Waals surface area contributed by atoms with Crippen LogP contribution >= 0.6 is 0 Å². The van der Waals surface area contributed by atoms with E-state index in [2.05, 4.69) is 10.3 Å². The zero-order valence-corrected chi connectivity index (χ0v) is 13.5. The fourth-order valence-corrected chi connectivity index (χ4v) is 3.02. The Morgan fingerprint density at radius 2 is 2.12 bits per heavy atom. The molecule has 1 aliphatic carbocycles. The molecule has 5 heteroatoms. The third-order valence-electron chi connectivity index (χ3n) is 4.30. The number of nitrogens with zero attached hydrogens (tertiary/aromatic N) is 1. The SMILES string of the molecule is O=C(CC1CCCC1)NCc1ccc(Oc2cccnc2)c(F)c1. The Labute approximate surface area is 141 Å². The summed E-state index contributed by atoms with van der Waals surface area (Å²) in [5.41, 5.74) is 0.714. The van der Waals surface area contributed by atoms with Crippen LogP contribution in [0.4, 0.5) is 4.39 Å². The summed E-state index contributed by atoms with van der Waals surface area (Å²) in [6.07, 6.45) is 8.45. The van der Waals surface area contributed by atoms with Crippen LogP contribution in [0, 0.1) is 11.7 Å². The van der Waals surface area contributed by atoms with E-state index in [9.17, 15) is 9.18 Å². The van der Waals surface area contributed by atoms with Crippen molar-refractivity contribution in [3.8, 4) is 11.5 Å². The van der Waals surface area contributed by atoms with Crippen molar-refractivity contribution in [1.29, 1.82) is 0 Å². The molecule has 1 aromatic carbocycles. The van der Waals surface area contributed by atoms with Crippen molar-refractivity contribution in [3.05, 3.63) is 54.1 Å². The van der Waals surface area contributed by atoms with Gasteiger partial charge >= 0.3 is 0 Å². The minimum atomic E-state index is -0.457. The van der Waals surface area contributed by atoms with Gasteiger partial charge in [0, 0.05) is 19.2 Å². The number of benzene rings is 1. The number of halogens is 1. The predicted octanol–water partition coefficient (Wildman–Crippen LogP) is 4.21. The third kappa shape index (κ3) is 4.54. The number of carbonyl (C=O) groups is 1. The van der Waals surface area contributed by atoms with Gasteiger partial charge < -0.3 is 10.1 Å². The Bertz CT molecular complexity index is 685. The number of carbonyl (C=O) groups excluding carboxylic acids is 1. The lowest BCUT2D eigenvalue weighted by Crippen LogP contribution is -2.24. The molecule has 126 valence electrons. The van der Waals surface area contributed by atoms with Crippen LogP contribution in [-0.4, -0.2) is 10.9 Å². The highest BCUT2D eigenvalue weighted by Crippen LogP contribution is 2.27. The molecule has 3 rings (SSSR count). The number of rotatable bonds is 6. The van der Waals surface area contributed by atoms with Crippen LogP contribution in [0.15, 0.2) is 42.7 Å². The fourth-order valence-electron chi connectivity index (χ4n) is 3.02. The van der Waals surface area contributed by atoms with Crippen molar-refractivity contribution in [2.24, 2.45) is 5.92 Å². The second-order valence-electron chi connectivity index (χ2n) is 6.19. The molecule has 0 bridgehead atoms. The van der Waals surface area contributed by atoms with Gasteiger partial charge in [-0.05, 0) is 48.6 Å². The molecule has 1 fully saturated rings. The molecule has 0 saturated heterocycles. The maximum Gasteiger partial charge on any atom is 0.220 e. The van der Waals surface area contributed by atoms with Gasteiger partial charge in [0.15, 0.2) is 11.6 Å². The molecule has 1 amide bonds. The second kappa shape index (κ2) is 7.90. The molecule has 0 radical (unpaired) electrons. The largest absolute Gasteiger partial charge is 0.453 e. The number of pyridine rings is 1. The molecular formula is C19H21FN2O2. The molecule has 0 aliphatic heterocycles. The Morgan fingerprint density at radius 1 is 1.29 bits per heavy atom. The first-order valence-corrected chi connectivity index (χ1v) is 8.34. The molecule has 1 heterocycles. The molecule has 0 atom stereocenters. The van der Waals surface area contributed by atoms with Gasteiger partial charge in [-0.3, -0.25) is 9.78 Å². The first kappa shape index (κ1) is 16.4. The van der Waals surface area contributed by atoms with Crippen LogP contribution in [-0.2, 0) is 11.3 Å². The number of hydrogen-bond acceptors (Lipinski definition) is 3. The summed E-state index contributed by atoms with van der Waals surface area (Å²) in [4.78, 5) is 15.9. The Hall–Kier alpha value is -2.43. The number of hydrogen-bond donors (Lipinski definition) is 1.